The van der Waals surface area contributed by atoms with Gasteiger partial charge in [-0.2, -0.15) is 0 Å². The smallest absolute Gasteiger partial charge is 0.434 e. The van der Waals surface area contributed by atoms with E-state index in [0.29, 0.717) is 13.2 Å². The Kier molecular flexibility index (Phi) is 23.4. The number of unbranched alkanes of at least 4 members (excludes halogenated alkanes) is 10. The highest BCUT2D eigenvalue weighted by molar-refractivity contribution is 7.50. The van der Waals surface area contributed by atoms with Crippen molar-refractivity contribution in [3.8, 4) is 0 Å². The first-order chi connectivity index (χ1) is 16.9. The number of ether oxygens (including phenoxy) is 4. The largest absolute Gasteiger partial charge is 0.508 e. The summed E-state index contributed by atoms with van der Waals surface area (Å²) >= 11 is 0. The quantitative estimate of drug-likeness (QED) is 0.0729. The molecule has 0 amide bonds. The van der Waals surface area contributed by atoms with Crippen molar-refractivity contribution in [1.82, 2.24) is 5.50 Å². The predicted molar refractivity (Wildman–Crippen MR) is 133 cm³/mol. The molecular formula is C24H47NO9P. The molecule has 0 heterocycles. The van der Waals surface area contributed by atoms with E-state index in [-0.39, 0.29) is 39.3 Å². The second kappa shape index (κ2) is 24.3. The number of hydrogen-bond acceptors (Lipinski definition) is 9. The molecule has 0 aliphatic heterocycles. The van der Waals surface area contributed by atoms with Gasteiger partial charge in [0.1, 0.15) is 0 Å². The highest BCUT2D eigenvalue weighted by atomic mass is 31.2. The van der Waals surface area contributed by atoms with Gasteiger partial charge >= 0.3 is 20.1 Å². The lowest BCUT2D eigenvalue weighted by Gasteiger charge is -2.13. The molecule has 0 aromatic carbocycles. The van der Waals surface area contributed by atoms with Crippen LogP contribution in [0.15, 0.2) is 0 Å². The standard InChI is InChI=1S/C24H47NO9P/c1-3-5-7-9-11-13-17-29-23(26)31-19-15-21-33-35(25,28)34-22-16-20-32-24(27)30-18-14-12-10-8-6-4-2/h25H,3-22H2,1-2H3. The maximum absolute atomic E-state index is 11.9. The van der Waals surface area contributed by atoms with Gasteiger partial charge in [0.25, 0.3) is 0 Å². The lowest BCUT2D eigenvalue weighted by atomic mass is 10.1. The molecule has 0 unspecified atom stereocenters. The van der Waals surface area contributed by atoms with E-state index in [2.05, 4.69) is 13.8 Å². The third-order valence-electron chi connectivity index (χ3n) is 4.98. The molecule has 0 fully saturated rings. The van der Waals surface area contributed by atoms with E-state index in [1.807, 2.05) is 0 Å². The molecule has 11 heteroatoms. The normalized spacial score (nSPS) is 11.3. The van der Waals surface area contributed by atoms with E-state index in [0.717, 1.165) is 38.5 Å². The number of carbonyl (C=O) groups excluding carboxylic acids is 2. The predicted octanol–water partition coefficient (Wildman–Crippen LogP) is 7.22. The van der Waals surface area contributed by atoms with Crippen molar-refractivity contribution in [3.63, 3.8) is 0 Å². The third-order valence-corrected chi connectivity index (χ3v) is 6.02. The molecule has 35 heavy (non-hydrogen) atoms. The Balaban J connectivity index is 3.54. The summed E-state index contributed by atoms with van der Waals surface area (Å²) < 4.78 is 41.5. The fourth-order valence-corrected chi connectivity index (χ4v) is 3.81. The zero-order chi connectivity index (χ0) is 26.0. The van der Waals surface area contributed by atoms with Gasteiger partial charge < -0.3 is 18.9 Å². The fourth-order valence-electron chi connectivity index (χ4n) is 2.99. The number of rotatable bonds is 24. The van der Waals surface area contributed by atoms with Crippen LogP contribution in [0.5, 0.6) is 0 Å². The second-order valence-corrected chi connectivity index (χ2v) is 9.81. The monoisotopic (exact) mass is 524 g/mol. The Morgan fingerprint density at radius 3 is 1.20 bits per heavy atom. The molecule has 0 aliphatic carbocycles. The van der Waals surface area contributed by atoms with E-state index in [4.69, 9.17) is 33.5 Å². The molecule has 0 saturated heterocycles. The lowest BCUT2D eigenvalue weighted by molar-refractivity contribution is 0.0496. The van der Waals surface area contributed by atoms with E-state index >= 15 is 0 Å². The van der Waals surface area contributed by atoms with Gasteiger partial charge in [-0.05, 0) is 12.8 Å². The van der Waals surface area contributed by atoms with Crippen molar-refractivity contribution in [2.75, 3.05) is 39.6 Å². The fraction of sp³-hybridized carbons (Fsp3) is 0.917. The maximum atomic E-state index is 11.9. The molecule has 1 radical (unpaired) electrons. The second-order valence-electron chi connectivity index (χ2n) is 8.30. The minimum Gasteiger partial charge on any atom is -0.434 e. The zero-order valence-electron chi connectivity index (χ0n) is 21.8. The Bertz CT molecular complexity index is 519. The Morgan fingerprint density at radius 1 is 0.514 bits per heavy atom. The summed E-state index contributed by atoms with van der Waals surface area (Å²) in [5.41, 5.74) is 7.56. The van der Waals surface area contributed by atoms with Gasteiger partial charge in [-0.25, -0.2) is 14.2 Å². The minimum atomic E-state index is -3.98. The number of nitrogens with one attached hydrogen (secondary N) is 1. The molecule has 0 atom stereocenters. The van der Waals surface area contributed by atoms with Crippen molar-refractivity contribution in [1.29, 1.82) is 0 Å². The lowest BCUT2D eigenvalue weighted by Crippen LogP contribution is -2.11. The maximum Gasteiger partial charge on any atom is 0.508 e. The van der Waals surface area contributed by atoms with Crippen LogP contribution >= 0.6 is 7.75 Å². The van der Waals surface area contributed by atoms with Gasteiger partial charge in [0.2, 0.25) is 0 Å². The van der Waals surface area contributed by atoms with Gasteiger partial charge in [0.15, 0.2) is 0 Å². The topological polar surface area (TPSA) is 130 Å². The molecule has 0 rings (SSSR count). The first kappa shape index (κ1) is 33.7. The minimum absolute atomic E-state index is 0.0318. The molecule has 0 saturated carbocycles. The van der Waals surface area contributed by atoms with E-state index in [1.54, 1.807) is 0 Å². The van der Waals surface area contributed by atoms with Gasteiger partial charge in [-0.3, -0.25) is 9.05 Å². The van der Waals surface area contributed by atoms with Gasteiger partial charge in [-0.15, -0.1) is 5.50 Å². The Morgan fingerprint density at radius 2 is 0.829 bits per heavy atom. The summed E-state index contributed by atoms with van der Waals surface area (Å²) in [6, 6.07) is 0. The van der Waals surface area contributed by atoms with Crippen LogP contribution in [0, 0.1) is 0 Å². The number of carbonyl (C=O) groups is 2. The van der Waals surface area contributed by atoms with E-state index < -0.39 is 20.1 Å². The SMILES string of the molecule is CCCCCCCCOC(=O)OCCCOP([NH])(=O)OCCCOC(=O)OCCCCCCCC. The van der Waals surface area contributed by atoms with Gasteiger partial charge in [0, 0.05) is 12.8 Å². The molecule has 1 N–H and O–H groups in total. The highest BCUT2D eigenvalue weighted by Crippen LogP contribution is 2.41. The first-order valence-corrected chi connectivity index (χ1v) is 14.7. The van der Waals surface area contributed by atoms with Crippen LogP contribution in [0.1, 0.15) is 104 Å². The Labute approximate surface area is 211 Å². The average molecular weight is 525 g/mol. The summed E-state index contributed by atoms with van der Waals surface area (Å²) in [5, 5.41) is 0. The molecule has 0 aromatic rings. The molecular weight excluding hydrogens is 477 g/mol. The summed E-state index contributed by atoms with van der Waals surface area (Å²) in [6.45, 7) is 4.93. The van der Waals surface area contributed by atoms with E-state index in [9.17, 15) is 14.2 Å². The van der Waals surface area contributed by atoms with E-state index in [1.165, 1.54) is 38.5 Å². The van der Waals surface area contributed by atoms with Gasteiger partial charge in [0.05, 0.1) is 39.6 Å². The molecule has 0 aromatic heterocycles. The van der Waals surface area contributed by atoms with Crippen molar-refractivity contribution in [2.45, 2.75) is 104 Å². The van der Waals surface area contributed by atoms with Gasteiger partial charge in [-0.1, -0.05) is 78.1 Å². The van der Waals surface area contributed by atoms with Crippen LogP contribution in [0.2, 0.25) is 0 Å². The Hall–Kier alpha value is -1.35. The summed E-state index contributed by atoms with van der Waals surface area (Å²) in [7, 11) is -3.98. The van der Waals surface area contributed by atoms with Crippen LogP contribution in [-0.2, 0) is 32.6 Å². The van der Waals surface area contributed by atoms with Crippen LogP contribution in [-0.4, -0.2) is 52.0 Å². The van der Waals surface area contributed by atoms with Crippen molar-refractivity contribution in [3.05, 3.63) is 0 Å². The van der Waals surface area contributed by atoms with Crippen LogP contribution in [0.25, 0.3) is 0 Å². The van der Waals surface area contributed by atoms with Crippen LogP contribution in [0.4, 0.5) is 9.59 Å². The molecule has 207 valence electrons. The average Bonchev–Trinajstić information content (AvgIpc) is 2.82. The van der Waals surface area contributed by atoms with Crippen molar-refractivity contribution in [2.24, 2.45) is 0 Å². The highest BCUT2D eigenvalue weighted by Gasteiger charge is 2.19. The molecule has 0 aliphatic rings. The zero-order valence-corrected chi connectivity index (χ0v) is 22.7. The van der Waals surface area contributed by atoms with Crippen LogP contribution < -0.4 is 5.50 Å². The summed E-state index contributed by atoms with van der Waals surface area (Å²) in [5.74, 6) is 0. The first-order valence-electron chi connectivity index (χ1n) is 13.1. The van der Waals surface area contributed by atoms with Crippen LogP contribution in [0.3, 0.4) is 0 Å². The summed E-state index contributed by atoms with van der Waals surface area (Å²) in [4.78, 5) is 22.9. The number of hydrogen-bond donors (Lipinski definition) is 0. The van der Waals surface area contributed by atoms with Crippen molar-refractivity contribution >= 4 is 20.1 Å². The molecule has 10 nitrogen and oxygen atoms in total. The van der Waals surface area contributed by atoms with Crippen molar-refractivity contribution < 1.29 is 42.1 Å². The summed E-state index contributed by atoms with van der Waals surface area (Å²) in [6.07, 6.45) is 12.2. The molecule has 0 spiro atoms. The molecule has 0 bridgehead atoms. The third kappa shape index (κ3) is 25.5.